The summed E-state index contributed by atoms with van der Waals surface area (Å²) >= 11 is 0. The number of hydrogen-bond acceptors (Lipinski definition) is 6. The molecule has 0 saturated carbocycles. The summed E-state index contributed by atoms with van der Waals surface area (Å²) in [4.78, 5) is 26.3. The standard InChI is InChI=1S/C22H25F3N4O4/c1-16-3-2-4-18(13-16)33-12-7-26-21(30)15-27-8-10-28(11-9-27)19-6-5-17(22(23,24)25)14-20(19)29(31)32/h2-6,13-14H,7-12,15H2,1H3,(H,26,30). The maximum absolute atomic E-state index is 12.9. The van der Waals surface area contributed by atoms with Gasteiger partial charge in [0.05, 0.1) is 23.6 Å². The molecule has 0 spiro atoms. The fraction of sp³-hybridized carbons (Fsp3) is 0.409. The molecule has 1 aliphatic heterocycles. The zero-order chi connectivity index (χ0) is 24.0. The van der Waals surface area contributed by atoms with E-state index < -0.39 is 22.4 Å². The molecule has 178 valence electrons. The summed E-state index contributed by atoms with van der Waals surface area (Å²) in [5, 5.41) is 14.1. The van der Waals surface area contributed by atoms with Gasteiger partial charge >= 0.3 is 6.18 Å². The highest BCUT2D eigenvalue weighted by Crippen LogP contribution is 2.36. The normalized spacial score (nSPS) is 14.7. The van der Waals surface area contributed by atoms with Gasteiger partial charge < -0.3 is 15.0 Å². The Labute approximate surface area is 189 Å². The molecule has 11 heteroatoms. The number of nitro groups is 1. The van der Waals surface area contributed by atoms with E-state index in [1.54, 1.807) is 4.90 Å². The van der Waals surface area contributed by atoms with E-state index in [2.05, 4.69) is 5.32 Å². The van der Waals surface area contributed by atoms with Gasteiger partial charge in [0, 0.05) is 32.2 Å². The predicted octanol–water partition coefficient (Wildman–Crippen LogP) is 3.24. The van der Waals surface area contributed by atoms with Crippen molar-refractivity contribution < 1.29 is 27.6 Å². The van der Waals surface area contributed by atoms with Crippen molar-refractivity contribution in [1.82, 2.24) is 10.2 Å². The number of benzene rings is 2. The number of nitro benzene ring substituents is 1. The van der Waals surface area contributed by atoms with Gasteiger partial charge in [0.15, 0.2) is 0 Å². The minimum Gasteiger partial charge on any atom is -0.492 e. The van der Waals surface area contributed by atoms with Crippen molar-refractivity contribution in [2.45, 2.75) is 13.1 Å². The molecule has 2 aromatic carbocycles. The van der Waals surface area contributed by atoms with Crippen LogP contribution >= 0.6 is 0 Å². The fourth-order valence-corrected chi connectivity index (χ4v) is 3.58. The largest absolute Gasteiger partial charge is 0.492 e. The van der Waals surface area contributed by atoms with E-state index in [1.165, 1.54) is 0 Å². The minimum atomic E-state index is -4.65. The second-order valence-corrected chi connectivity index (χ2v) is 7.74. The Morgan fingerprint density at radius 2 is 1.88 bits per heavy atom. The molecule has 0 unspecified atom stereocenters. The highest BCUT2D eigenvalue weighted by molar-refractivity contribution is 5.78. The van der Waals surface area contributed by atoms with E-state index >= 15 is 0 Å². The van der Waals surface area contributed by atoms with Gasteiger partial charge in [-0.1, -0.05) is 12.1 Å². The molecule has 0 bridgehead atoms. The third kappa shape index (κ3) is 6.82. The molecule has 0 aromatic heterocycles. The van der Waals surface area contributed by atoms with Crippen LogP contribution in [0.2, 0.25) is 0 Å². The van der Waals surface area contributed by atoms with Gasteiger partial charge in [0.1, 0.15) is 18.0 Å². The van der Waals surface area contributed by atoms with Crippen LogP contribution in [0.4, 0.5) is 24.5 Å². The maximum atomic E-state index is 12.9. The van der Waals surface area contributed by atoms with Crippen molar-refractivity contribution in [3.8, 4) is 5.75 Å². The molecular weight excluding hydrogens is 441 g/mol. The number of amides is 1. The Morgan fingerprint density at radius 1 is 1.15 bits per heavy atom. The van der Waals surface area contributed by atoms with E-state index in [-0.39, 0.29) is 18.1 Å². The molecule has 0 aliphatic carbocycles. The van der Waals surface area contributed by atoms with E-state index in [4.69, 9.17) is 4.74 Å². The van der Waals surface area contributed by atoms with Crippen molar-refractivity contribution in [3.05, 3.63) is 63.7 Å². The number of piperazine rings is 1. The first-order chi connectivity index (χ1) is 15.6. The summed E-state index contributed by atoms with van der Waals surface area (Å²) in [6.07, 6.45) is -4.65. The lowest BCUT2D eigenvalue weighted by Gasteiger charge is -2.35. The number of anilines is 1. The van der Waals surface area contributed by atoms with Crippen LogP contribution in [0.1, 0.15) is 11.1 Å². The summed E-state index contributed by atoms with van der Waals surface area (Å²) in [7, 11) is 0. The first-order valence-electron chi connectivity index (χ1n) is 10.4. The summed E-state index contributed by atoms with van der Waals surface area (Å²) in [6, 6.07) is 10.1. The van der Waals surface area contributed by atoms with Gasteiger partial charge in [-0.15, -0.1) is 0 Å². The number of nitrogens with one attached hydrogen (secondary N) is 1. The molecule has 2 aromatic rings. The molecule has 33 heavy (non-hydrogen) atoms. The Morgan fingerprint density at radius 3 is 2.52 bits per heavy atom. The third-order valence-corrected chi connectivity index (χ3v) is 5.26. The van der Waals surface area contributed by atoms with E-state index in [0.29, 0.717) is 45.4 Å². The molecule has 8 nitrogen and oxygen atoms in total. The fourth-order valence-electron chi connectivity index (χ4n) is 3.58. The molecule has 1 fully saturated rings. The van der Waals surface area contributed by atoms with Crippen molar-refractivity contribution in [3.63, 3.8) is 0 Å². The zero-order valence-electron chi connectivity index (χ0n) is 18.1. The van der Waals surface area contributed by atoms with Crippen molar-refractivity contribution in [1.29, 1.82) is 0 Å². The van der Waals surface area contributed by atoms with Crippen LogP contribution in [0.3, 0.4) is 0 Å². The average Bonchev–Trinajstić information content (AvgIpc) is 2.76. The molecule has 0 atom stereocenters. The number of alkyl halides is 3. The van der Waals surface area contributed by atoms with E-state index in [0.717, 1.165) is 23.4 Å². The highest BCUT2D eigenvalue weighted by atomic mass is 19.4. The molecule has 1 N–H and O–H groups in total. The predicted molar refractivity (Wildman–Crippen MR) is 116 cm³/mol. The van der Waals surface area contributed by atoms with Gasteiger partial charge in [-0.05, 0) is 36.8 Å². The van der Waals surface area contributed by atoms with Gasteiger partial charge in [0.2, 0.25) is 5.91 Å². The molecule has 0 radical (unpaired) electrons. The molecule has 1 saturated heterocycles. The number of rotatable bonds is 8. The van der Waals surface area contributed by atoms with Crippen LogP contribution in [0.15, 0.2) is 42.5 Å². The summed E-state index contributed by atoms with van der Waals surface area (Å²) in [5.74, 6) is 0.564. The first-order valence-corrected chi connectivity index (χ1v) is 10.4. The second kappa shape index (κ2) is 10.5. The van der Waals surface area contributed by atoms with Crippen LogP contribution in [0.25, 0.3) is 0 Å². The second-order valence-electron chi connectivity index (χ2n) is 7.74. The number of nitrogens with zero attached hydrogens (tertiary/aromatic N) is 3. The quantitative estimate of drug-likeness (QED) is 0.365. The van der Waals surface area contributed by atoms with Crippen LogP contribution in [-0.4, -0.2) is 61.6 Å². The summed E-state index contributed by atoms with van der Waals surface area (Å²) < 4.78 is 44.3. The monoisotopic (exact) mass is 466 g/mol. The van der Waals surface area contributed by atoms with E-state index in [1.807, 2.05) is 36.1 Å². The Bertz CT molecular complexity index is 992. The molecular formula is C22H25F3N4O4. The maximum Gasteiger partial charge on any atom is 0.416 e. The third-order valence-electron chi connectivity index (χ3n) is 5.26. The summed E-state index contributed by atoms with van der Waals surface area (Å²) in [5.41, 5.74) is -0.410. The van der Waals surface area contributed by atoms with Crippen LogP contribution in [-0.2, 0) is 11.0 Å². The molecule has 3 rings (SSSR count). The van der Waals surface area contributed by atoms with Gasteiger partial charge in [-0.25, -0.2) is 0 Å². The lowest BCUT2D eigenvalue weighted by molar-refractivity contribution is -0.384. The van der Waals surface area contributed by atoms with E-state index in [9.17, 15) is 28.1 Å². The number of aryl methyl sites for hydroxylation is 1. The lowest BCUT2D eigenvalue weighted by Crippen LogP contribution is -2.50. The first kappa shape index (κ1) is 24.3. The zero-order valence-corrected chi connectivity index (χ0v) is 18.1. The Kier molecular flexibility index (Phi) is 7.75. The SMILES string of the molecule is Cc1cccc(OCCNC(=O)CN2CCN(c3ccc(C(F)(F)F)cc3[N+](=O)[O-])CC2)c1. The van der Waals surface area contributed by atoms with Crippen LogP contribution in [0.5, 0.6) is 5.75 Å². The highest BCUT2D eigenvalue weighted by Gasteiger charge is 2.34. The lowest BCUT2D eigenvalue weighted by atomic mass is 10.1. The van der Waals surface area contributed by atoms with Crippen LogP contribution in [0, 0.1) is 17.0 Å². The van der Waals surface area contributed by atoms with Gasteiger partial charge in [-0.2, -0.15) is 13.2 Å². The number of carbonyl (C=O) groups is 1. The number of hydrogen-bond donors (Lipinski definition) is 1. The molecule has 1 aliphatic rings. The minimum absolute atomic E-state index is 0.144. The smallest absolute Gasteiger partial charge is 0.416 e. The average molecular weight is 466 g/mol. The topological polar surface area (TPSA) is 88.0 Å². The van der Waals surface area contributed by atoms with Gasteiger partial charge in [-0.3, -0.25) is 19.8 Å². The number of halogens is 3. The Balaban J connectivity index is 1.46. The van der Waals surface area contributed by atoms with Crippen molar-refractivity contribution >= 4 is 17.3 Å². The van der Waals surface area contributed by atoms with Crippen LogP contribution < -0.4 is 15.0 Å². The Hall–Kier alpha value is -3.34. The molecule has 1 amide bonds. The van der Waals surface area contributed by atoms with Gasteiger partial charge in [0.25, 0.3) is 5.69 Å². The number of ether oxygens (including phenoxy) is 1. The van der Waals surface area contributed by atoms with Crippen molar-refractivity contribution in [2.24, 2.45) is 0 Å². The number of carbonyl (C=O) groups excluding carboxylic acids is 1. The van der Waals surface area contributed by atoms with Crippen molar-refractivity contribution in [2.75, 3.05) is 50.8 Å². The summed E-state index contributed by atoms with van der Waals surface area (Å²) in [6.45, 7) is 4.42. The molecule has 1 heterocycles.